The summed E-state index contributed by atoms with van der Waals surface area (Å²) < 4.78 is 0. The van der Waals surface area contributed by atoms with Crippen LogP contribution < -0.4 is 5.32 Å². The summed E-state index contributed by atoms with van der Waals surface area (Å²) in [6.45, 7) is 9.62. The SMILES string of the molecule is CCC1(CC)CCN(CCCNc2ccccc2)C1. The van der Waals surface area contributed by atoms with Crippen LogP contribution in [-0.2, 0) is 0 Å². The predicted molar refractivity (Wildman–Crippen MR) is 83.6 cm³/mol. The van der Waals surface area contributed by atoms with E-state index in [4.69, 9.17) is 0 Å². The number of likely N-dealkylation sites (tertiary alicyclic amines) is 1. The van der Waals surface area contributed by atoms with Gasteiger partial charge < -0.3 is 10.2 Å². The lowest BCUT2D eigenvalue weighted by Crippen LogP contribution is -2.28. The third-order valence-corrected chi connectivity index (χ3v) is 4.77. The molecule has 0 spiro atoms. The molecule has 0 aliphatic carbocycles. The smallest absolute Gasteiger partial charge is 0.0340 e. The fourth-order valence-electron chi connectivity index (χ4n) is 3.14. The monoisotopic (exact) mass is 260 g/mol. The van der Waals surface area contributed by atoms with Crippen LogP contribution in [0.25, 0.3) is 0 Å². The van der Waals surface area contributed by atoms with Gasteiger partial charge in [0.15, 0.2) is 0 Å². The molecule has 2 nitrogen and oxygen atoms in total. The largest absolute Gasteiger partial charge is 0.385 e. The summed E-state index contributed by atoms with van der Waals surface area (Å²) in [6, 6.07) is 10.5. The van der Waals surface area contributed by atoms with E-state index in [2.05, 4.69) is 54.4 Å². The van der Waals surface area contributed by atoms with Gasteiger partial charge in [0.2, 0.25) is 0 Å². The lowest BCUT2D eigenvalue weighted by Gasteiger charge is -2.26. The second-order valence-corrected chi connectivity index (χ2v) is 5.88. The van der Waals surface area contributed by atoms with Crippen LogP contribution in [0.1, 0.15) is 39.5 Å². The zero-order chi connectivity index (χ0) is 13.6. The summed E-state index contributed by atoms with van der Waals surface area (Å²) >= 11 is 0. The van der Waals surface area contributed by atoms with E-state index in [1.54, 1.807) is 0 Å². The van der Waals surface area contributed by atoms with Crippen molar-refractivity contribution in [2.45, 2.75) is 39.5 Å². The quantitative estimate of drug-likeness (QED) is 0.745. The molecule has 0 aromatic heterocycles. The Bertz CT molecular complexity index is 357. The fourth-order valence-corrected chi connectivity index (χ4v) is 3.14. The maximum Gasteiger partial charge on any atom is 0.0340 e. The van der Waals surface area contributed by atoms with Crippen LogP contribution in [-0.4, -0.2) is 31.1 Å². The predicted octanol–water partition coefficient (Wildman–Crippen LogP) is 4.00. The highest BCUT2D eigenvalue weighted by molar-refractivity contribution is 5.42. The van der Waals surface area contributed by atoms with E-state index in [1.165, 1.54) is 51.0 Å². The topological polar surface area (TPSA) is 15.3 Å². The van der Waals surface area contributed by atoms with E-state index < -0.39 is 0 Å². The average molecular weight is 260 g/mol. The van der Waals surface area contributed by atoms with Gasteiger partial charge >= 0.3 is 0 Å². The van der Waals surface area contributed by atoms with Gasteiger partial charge in [-0.15, -0.1) is 0 Å². The molecule has 1 aromatic carbocycles. The average Bonchev–Trinajstić information content (AvgIpc) is 2.89. The maximum atomic E-state index is 3.49. The highest BCUT2D eigenvalue weighted by Gasteiger charge is 2.34. The van der Waals surface area contributed by atoms with Crippen LogP contribution in [0.3, 0.4) is 0 Å². The Labute approximate surface area is 118 Å². The van der Waals surface area contributed by atoms with Crippen LogP contribution in [0.2, 0.25) is 0 Å². The Morgan fingerprint density at radius 1 is 1.16 bits per heavy atom. The van der Waals surface area contributed by atoms with Gasteiger partial charge in [0, 0.05) is 18.8 Å². The summed E-state index contributed by atoms with van der Waals surface area (Å²) in [5.74, 6) is 0. The van der Waals surface area contributed by atoms with Crippen molar-refractivity contribution in [2.75, 3.05) is 31.5 Å². The molecule has 1 N–H and O–H groups in total. The number of nitrogens with one attached hydrogen (secondary N) is 1. The molecule has 0 radical (unpaired) electrons. The van der Waals surface area contributed by atoms with E-state index in [0.717, 1.165) is 6.54 Å². The van der Waals surface area contributed by atoms with Crippen LogP contribution >= 0.6 is 0 Å². The Hall–Kier alpha value is -1.02. The van der Waals surface area contributed by atoms with Gasteiger partial charge in [0.25, 0.3) is 0 Å². The van der Waals surface area contributed by atoms with Crippen LogP contribution in [0, 0.1) is 5.41 Å². The van der Waals surface area contributed by atoms with E-state index in [-0.39, 0.29) is 0 Å². The molecular weight excluding hydrogens is 232 g/mol. The lowest BCUT2D eigenvalue weighted by atomic mass is 9.82. The first kappa shape index (κ1) is 14.4. The summed E-state index contributed by atoms with van der Waals surface area (Å²) in [5.41, 5.74) is 1.85. The van der Waals surface area contributed by atoms with Crippen LogP contribution in [0.4, 0.5) is 5.69 Å². The number of hydrogen-bond donors (Lipinski definition) is 1. The highest BCUT2D eigenvalue weighted by atomic mass is 15.2. The first-order valence-electron chi connectivity index (χ1n) is 7.79. The first-order chi connectivity index (χ1) is 9.28. The minimum absolute atomic E-state index is 0.618. The summed E-state index contributed by atoms with van der Waals surface area (Å²) in [6.07, 6.45) is 5.30. The summed E-state index contributed by atoms with van der Waals surface area (Å²) in [7, 11) is 0. The Balaban J connectivity index is 1.65. The third-order valence-electron chi connectivity index (χ3n) is 4.77. The van der Waals surface area contributed by atoms with Crippen molar-refractivity contribution < 1.29 is 0 Å². The van der Waals surface area contributed by atoms with E-state index in [1.807, 2.05) is 0 Å². The maximum absolute atomic E-state index is 3.49. The summed E-state index contributed by atoms with van der Waals surface area (Å²) in [4.78, 5) is 2.65. The van der Waals surface area contributed by atoms with E-state index in [0.29, 0.717) is 5.41 Å². The number of benzene rings is 1. The number of rotatable bonds is 7. The minimum atomic E-state index is 0.618. The van der Waals surface area contributed by atoms with Gasteiger partial charge in [-0.25, -0.2) is 0 Å². The number of nitrogens with zero attached hydrogens (tertiary/aromatic N) is 1. The molecule has 1 aliphatic rings. The molecule has 0 bridgehead atoms. The molecule has 1 fully saturated rings. The molecule has 0 unspecified atom stereocenters. The molecule has 0 saturated carbocycles. The van der Waals surface area contributed by atoms with E-state index >= 15 is 0 Å². The second kappa shape index (κ2) is 6.95. The molecule has 19 heavy (non-hydrogen) atoms. The van der Waals surface area contributed by atoms with Crippen molar-refractivity contribution in [3.05, 3.63) is 30.3 Å². The third kappa shape index (κ3) is 3.97. The molecule has 1 aliphatic heterocycles. The van der Waals surface area contributed by atoms with Gasteiger partial charge in [-0.2, -0.15) is 0 Å². The zero-order valence-electron chi connectivity index (χ0n) is 12.5. The molecule has 2 heteroatoms. The molecule has 2 rings (SSSR count). The van der Waals surface area contributed by atoms with Crippen LogP contribution in [0.5, 0.6) is 0 Å². The normalized spacial score (nSPS) is 18.6. The van der Waals surface area contributed by atoms with Gasteiger partial charge in [0.05, 0.1) is 0 Å². The van der Waals surface area contributed by atoms with Crippen molar-refractivity contribution in [1.82, 2.24) is 4.90 Å². The van der Waals surface area contributed by atoms with Crippen molar-refractivity contribution in [3.8, 4) is 0 Å². The standard InChI is InChI=1S/C17H28N2/c1-3-17(4-2)11-14-19(15-17)13-8-12-18-16-9-6-5-7-10-16/h5-7,9-10,18H,3-4,8,11-15H2,1-2H3. The van der Waals surface area contributed by atoms with E-state index in [9.17, 15) is 0 Å². The number of anilines is 1. The second-order valence-electron chi connectivity index (χ2n) is 5.88. The summed E-state index contributed by atoms with van der Waals surface area (Å²) in [5, 5.41) is 3.49. The molecular formula is C17H28N2. The molecule has 106 valence electrons. The van der Waals surface area contributed by atoms with Crippen molar-refractivity contribution in [2.24, 2.45) is 5.41 Å². The number of para-hydroxylation sites is 1. The Kier molecular flexibility index (Phi) is 5.26. The van der Waals surface area contributed by atoms with Crippen molar-refractivity contribution in [1.29, 1.82) is 0 Å². The lowest BCUT2D eigenvalue weighted by molar-refractivity contribution is 0.240. The molecule has 1 aromatic rings. The Morgan fingerprint density at radius 2 is 1.89 bits per heavy atom. The van der Waals surface area contributed by atoms with Gasteiger partial charge in [-0.3, -0.25) is 0 Å². The van der Waals surface area contributed by atoms with Crippen molar-refractivity contribution in [3.63, 3.8) is 0 Å². The molecule has 1 heterocycles. The van der Waals surface area contributed by atoms with Gasteiger partial charge in [-0.1, -0.05) is 32.0 Å². The number of hydrogen-bond acceptors (Lipinski definition) is 2. The first-order valence-corrected chi connectivity index (χ1v) is 7.79. The van der Waals surface area contributed by atoms with Gasteiger partial charge in [-0.05, 0) is 56.3 Å². The Morgan fingerprint density at radius 3 is 2.53 bits per heavy atom. The van der Waals surface area contributed by atoms with Crippen LogP contribution in [0.15, 0.2) is 30.3 Å². The molecule has 0 amide bonds. The van der Waals surface area contributed by atoms with Gasteiger partial charge in [0.1, 0.15) is 0 Å². The minimum Gasteiger partial charge on any atom is -0.385 e. The molecule has 1 saturated heterocycles. The van der Waals surface area contributed by atoms with Crippen molar-refractivity contribution >= 4 is 5.69 Å². The highest BCUT2D eigenvalue weighted by Crippen LogP contribution is 2.36. The molecule has 0 atom stereocenters. The zero-order valence-corrected chi connectivity index (χ0v) is 12.5. The fraction of sp³-hybridized carbons (Fsp3) is 0.647.